The van der Waals surface area contributed by atoms with Crippen molar-refractivity contribution in [2.45, 2.75) is 26.1 Å². The van der Waals surface area contributed by atoms with E-state index in [0.29, 0.717) is 0 Å². The molecule has 0 aromatic heterocycles. The van der Waals surface area contributed by atoms with Crippen molar-refractivity contribution in [2.24, 2.45) is 0 Å². The number of benzene rings is 2. The van der Waals surface area contributed by atoms with Crippen molar-refractivity contribution in [1.82, 2.24) is 5.32 Å². The Morgan fingerprint density at radius 1 is 1.10 bits per heavy atom. The molecule has 2 aromatic carbocycles. The molecule has 0 radical (unpaired) electrons. The third kappa shape index (κ3) is 3.59. The normalized spacial score (nSPS) is 12.2. The molecule has 0 aliphatic rings. The summed E-state index contributed by atoms with van der Waals surface area (Å²) >= 11 is 0. The highest BCUT2D eigenvalue weighted by Crippen LogP contribution is 2.24. The standard InChI is InChI=1S/C17H21NO2/c1-13(16-8-3-4-9-17(16)20-2)18-11-14-6-5-7-15(10-14)12-19/h3-10,13,18-19H,11-12H2,1-2H3. The van der Waals surface area contributed by atoms with E-state index in [0.717, 1.165) is 23.4 Å². The Hall–Kier alpha value is -1.84. The van der Waals surface area contributed by atoms with Gasteiger partial charge in [-0.25, -0.2) is 0 Å². The number of ether oxygens (including phenoxy) is 1. The zero-order valence-corrected chi connectivity index (χ0v) is 12.0. The fourth-order valence-corrected chi connectivity index (χ4v) is 2.24. The predicted octanol–water partition coefficient (Wildman–Crippen LogP) is 3.04. The Morgan fingerprint density at radius 3 is 2.60 bits per heavy atom. The lowest BCUT2D eigenvalue weighted by atomic mass is 10.1. The zero-order chi connectivity index (χ0) is 14.4. The van der Waals surface area contributed by atoms with Gasteiger partial charge < -0.3 is 15.2 Å². The fraction of sp³-hybridized carbons (Fsp3) is 0.294. The lowest BCUT2D eigenvalue weighted by Crippen LogP contribution is -2.18. The second-order valence-electron chi connectivity index (χ2n) is 4.82. The molecule has 0 bridgehead atoms. The van der Waals surface area contributed by atoms with Crippen LogP contribution in [0.4, 0.5) is 0 Å². The summed E-state index contributed by atoms with van der Waals surface area (Å²) in [6.07, 6.45) is 0. The third-order valence-electron chi connectivity index (χ3n) is 3.39. The molecule has 0 heterocycles. The van der Waals surface area contributed by atoms with Crippen LogP contribution in [0.5, 0.6) is 5.75 Å². The van der Waals surface area contributed by atoms with Gasteiger partial charge in [0.1, 0.15) is 5.75 Å². The Labute approximate surface area is 120 Å². The van der Waals surface area contributed by atoms with Crippen molar-refractivity contribution in [3.05, 3.63) is 65.2 Å². The lowest BCUT2D eigenvalue weighted by Gasteiger charge is -2.17. The van der Waals surface area contributed by atoms with Crippen molar-refractivity contribution >= 4 is 0 Å². The molecule has 0 saturated heterocycles. The Morgan fingerprint density at radius 2 is 1.85 bits per heavy atom. The van der Waals surface area contributed by atoms with E-state index in [4.69, 9.17) is 9.84 Å². The van der Waals surface area contributed by atoms with Crippen molar-refractivity contribution in [1.29, 1.82) is 0 Å². The van der Waals surface area contributed by atoms with Crippen LogP contribution in [0.1, 0.15) is 29.7 Å². The molecule has 0 aliphatic heterocycles. The molecule has 106 valence electrons. The van der Waals surface area contributed by atoms with Gasteiger partial charge in [0.25, 0.3) is 0 Å². The molecule has 3 nitrogen and oxygen atoms in total. The summed E-state index contributed by atoms with van der Waals surface area (Å²) in [5, 5.41) is 12.6. The number of hydrogen-bond donors (Lipinski definition) is 2. The maximum atomic E-state index is 9.15. The molecule has 0 saturated carbocycles. The molecule has 0 spiro atoms. The lowest BCUT2D eigenvalue weighted by molar-refractivity contribution is 0.281. The molecule has 2 aromatic rings. The first-order valence-corrected chi connectivity index (χ1v) is 6.79. The Bertz CT molecular complexity index is 554. The number of rotatable bonds is 6. The highest BCUT2D eigenvalue weighted by atomic mass is 16.5. The summed E-state index contributed by atoms with van der Waals surface area (Å²) in [6, 6.07) is 16.2. The molecule has 1 atom stereocenters. The van der Waals surface area contributed by atoms with Crippen LogP contribution in [0.25, 0.3) is 0 Å². The minimum absolute atomic E-state index is 0.0793. The van der Waals surface area contributed by atoms with Gasteiger partial charge in [0.15, 0.2) is 0 Å². The highest BCUT2D eigenvalue weighted by Gasteiger charge is 2.10. The van der Waals surface area contributed by atoms with Crippen molar-refractivity contribution in [3.63, 3.8) is 0 Å². The maximum Gasteiger partial charge on any atom is 0.123 e. The summed E-state index contributed by atoms with van der Waals surface area (Å²) in [7, 11) is 1.69. The van der Waals surface area contributed by atoms with Crippen molar-refractivity contribution in [2.75, 3.05) is 7.11 Å². The third-order valence-corrected chi connectivity index (χ3v) is 3.39. The van der Waals surface area contributed by atoms with E-state index in [1.165, 1.54) is 5.56 Å². The summed E-state index contributed by atoms with van der Waals surface area (Å²) in [4.78, 5) is 0. The molecule has 20 heavy (non-hydrogen) atoms. The van der Waals surface area contributed by atoms with E-state index < -0.39 is 0 Å². The largest absolute Gasteiger partial charge is 0.496 e. The predicted molar refractivity (Wildman–Crippen MR) is 80.6 cm³/mol. The molecule has 2 N–H and O–H groups in total. The van der Waals surface area contributed by atoms with Crippen LogP contribution < -0.4 is 10.1 Å². The number of aliphatic hydroxyl groups is 1. The Balaban J connectivity index is 2.02. The zero-order valence-electron chi connectivity index (χ0n) is 12.0. The molecular formula is C17H21NO2. The second kappa shape index (κ2) is 7.08. The van der Waals surface area contributed by atoms with Crippen LogP contribution in [0.2, 0.25) is 0 Å². The van der Waals surface area contributed by atoms with E-state index in [2.05, 4.69) is 24.4 Å². The molecule has 2 rings (SSSR count). The van der Waals surface area contributed by atoms with E-state index in [9.17, 15) is 0 Å². The van der Waals surface area contributed by atoms with Crippen molar-refractivity contribution < 1.29 is 9.84 Å². The average molecular weight is 271 g/mol. The second-order valence-corrected chi connectivity index (χ2v) is 4.82. The molecular weight excluding hydrogens is 250 g/mol. The monoisotopic (exact) mass is 271 g/mol. The molecule has 0 amide bonds. The van der Waals surface area contributed by atoms with Gasteiger partial charge in [0, 0.05) is 18.2 Å². The van der Waals surface area contributed by atoms with Gasteiger partial charge in [-0.05, 0) is 24.1 Å². The Kier molecular flexibility index (Phi) is 5.16. The van der Waals surface area contributed by atoms with Gasteiger partial charge in [-0.2, -0.15) is 0 Å². The van der Waals surface area contributed by atoms with Crippen LogP contribution in [0.3, 0.4) is 0 Å². The van der Waals surface area contributed by atoms with E-state index in [1.807, 2.05) is 36.4 Å². The van der Waals surface area contributed by atoms with Crippen molar-refractivity contribution in [3.8, 4) is 5.75 Å². The van der Waals surface area contributed by atoms with Gasteiger partial charge in [0.2, 0.25) is 0 Å². The maximum absolute atomic E-state index is 9.15. The topological polar surface area (TPSA) is 41.5 Å². The first kappa shape index (κ1) is 14.6. The minimum atomic E-state index is 0.0793. The number of methoxy groups -OCH3 is 1. The summed E-state index contributed by atoms with van der Waals surface area (Å²) in [5.41, 5.74) is 3.25. The number of nitrogens with one attached hydrogen (secondary N) is 1. The van der Waals surface area contributed by atoms with E-state index in [-0.39, 0.29) is 12.6 Å². The van der Waals surface area contributed by atoms with E-state index >= 15 is 0 Å². The van der Waals surface area contributed by atoms with Crippen LogP contribution in [-0.4, -0.2) is 12.2 Å². The van der Waals surface area contributed by atoms with Crippen LogP contribution in [0, 0.1) is 0 Å². The number of hydrogen-bond acceptors (Lipinski definition) is 3. The van der Waals surface area contributed by atoms with Gasteiger partial charge in [-0.1, -0.05) is 42.5 Å². The minimum Gasteiger partial charge on any atom is -0.496 e. The molecule has 0 aliphatic carbocycles. The summed E-state index contributed by atoms with van der Waals surface area (Å²) < 4.78 is 5.38. The molecule has 0 fully saturated rings. The quantitative estimate of drug-likeness (QED) is 0.848. The van der Waals surface area contributed by atoms with Gasteiger partial charge >= 0.3 is 0 Å². The highest BCUT2D eigenvalue weighted by molar-refractivity contribution is 5.35. The SMILES string of the molecule is COc1ccccc1C(C)NCc1cccc(CO)c1. The average Bonchev–Trinajstić information content (AvgIpc) is 2.52. The van der Waals surface area contributed by atoms with Crippen LogP contribution in [0.15, 0.2) is 48.5 Å². The van der Waals surface area contributed by atoms with Gasteiger partial charge in [-0.15, -0.1) is 0 Å². The van der Waals surface area contributed by atoms with Gasteiger partial charge in [0.05, 0.1) is 13.7 Å². The smallest absolute Gasteiger partial charge is 0.123 e. The first-order chi connectivity index (χ1) is 9.74. The van der Waals surface area contributed by atoms with Gasteiger partial charge in [-0.3, -0.25) is 0 Å². The van der Waals surface area contributed by atoms with Crippen LogP contribution >= 0.6 is 0 Å². The van der Waals surface area contributed by atoms with Crippen LogP contribution in [-0.2, 0) is 13.2 Å². The molecule has 1 unspecified atom stereocenters. The first-order valence-electron chi connectivity index (χ1n) is 6.79. The fourth-order valence-electron chi connectivity index (χ4n) is 2.24. The summed E-state index contributed by atoms with van der Waals surface area (Å²) in [5.74, 6) is 0.900. The molecule has 3 heteroatoms. The van der Waals surface area contributed by atoms with E-state index in [1.54, 1.807) is 7.11 Å². The number of para-hydroxylation sites is 1. The number of aliphatic hydroxyl groups excluding tert-OH is 1. The summed E-state index contributed by atoms with van der Waals surface area (Å²) in [6.45, 7) is 2.96.